The van der Waals surface area contributed by atoms with Gasteiger partial charge in [0.05, 0.1) is 11.8 Å². The van der Waals surface area contributed by atoms with E-state index in [-0.39, 0.29) is 5.91 Å². The third-order valence-electron chi connectivity index (χ3n) is 2.77. The van der Waals surface area contributed by atoms with Crippen molar-refractivity contribution in [1.29, 1.82) is 0 Å². The number of hydrogen-bond donors (Lipinski definition) is 1. The minimum atomic E-state index is -0.172. The molecule has 1 amide bonds. The van der Waals surface area contributed by atoms with Gasteiger partial charge in [0.15, 0.2) is 0 Å². The zero-order valence-corrected chi connectivity index (χ0v) is 11.6. The van der Waals surface area contributed by atoms with Gasteiger partial charge in [-0.15, -0.1) is 11.3 Å². The third-order valence-corrected chi connectivity index (χ3v) is 3.59. The maximum Gasteiger partial charge on any atom is 0.258 e. The Balaban J connectivity index is 1.81. The maximum atomic E-state index is 12.0. The number of rotatable bonds is 3. The van der Waals surface area contributed by atoms with Crippen LogP contribution in [0.15, 0.2) is 48.2 Å². The number of carbonyl (C=O) groups excluding carboxylic acids is 1. The van der Waals surface area contributed by atoms with Crippen LogP contribution in [0.2, 0.25) is 0 Å². The molecule has 0 unspecified atom stereocenters. The van der Waals surface area contributed by atoms with E-state index in [2.05, 4.69) is 15.4 Å². The molecule has 2 heterocycles. The normalized spacial score (nSPS) is 10.4. The molecular weight excluding hydrogens is 272 g/mol. The zero-order chi connectivity index (χ0) is 13.9. The van der Waals surface area contributed by atoms with Crippen molar-refractivity contribution in [3.63, 3.8) is 0 Å². The number of amides is 1. The summed E-state index contributed by atoms with van der Waals surface area (Å²) < 4.78 is 1.60. The summed E-state index contributed by atoms with van der Waals surface area (Å²) in [7, 11) is 1.78. The second-order valence-electron chi connectivity index (χ2n) is 4.27. The van der Waals surface area contributed by atoms with E-state index in [4.69, 9.17) is 0 Å². The molecule has 3 rings (SSSR count). The van der Waals surface area contributed by atoms with Crippen molar-refractivity contribution in [2.75, 3.05) is 5.32 Å². The second kappa shape index (κ2) is 5.26. The Kier molecular flexibility index (Phi) is 3.30. The van der Waals surface area contributed by atoms with Gasteiger partial charge in [-0.1, -0.05) is 12.1 Å². The van der Waals surface area contributed by atoms with Crippen molar-refractivity contribution in [3.8, 4) is 10.6 Å². The van der Waals surface area contributed by atoms with Gasteiger partial charge in [-0.05, 0) is 12.1 Å². The lowest BCUT2D eigenvalue weighted by molar-refractivity contribution is 0.102. The van der Waals surface area contributed by atoms with Gasteiger partial charge in [-0.3, -0.25) is 9.48 Å². The van der Waals surface area contributed by atoms with Crippen LogP contribution in [0.1, 0.15) is 10.4 Å². The number of carbonyl (C=O) groups is 1. The van der Waals surface area contributed by atoms with E-state index in [1.54, 1.807) is 41.7 Å². The van der Waals surface area contributed by atoms with Crippen LogP contribution >= 0.6 is 11.3 Å². The number of nitrogens with one attached hydrogen (secondary N) is 1. The first-order valence-electron chi connectivity index (χ1n) is 6.02. The van der Waals surface area contributed by atoms with Crippen molar-refractivity contribution in [2.24, 2.45) is 7.05 Å². The summed E-state index contributed by atoms with van der Waals surface area (Å²) in [6.07, 6.45) is 4.99. The number of aryl methyl sites for hydroxylation is 1. The summed E-state index contributed by atoms with van der Waals surface area (Å²) >= 11 is 1.57. The number of thiazole rings is 1. The lowest BCUT2D eigenvalue weighted by Gasteiger charge is -2.05. The fraction of sp³-hybridized carbons (Fsp3) is 0.0714. The SMILES string of the molecule is Cn1cc(C(=O)Nc2cccc(-c3nccs3)c2)cn1. The number of hydrogen-bond acceptors (Lipinski definition) is 4. The molecule has 2 aromatic heterocycles. The maximum absolute atomic E-state index is 12.0. The highest BCUT2D eigenvalue weighted by molar-refractivity contribution is 7.13. The molecule has 0 fully saturated rings. The number of aromatic nitrogens is 3. The molecule has 5 nitrogen and oxygen atoms in total. The topological polar surface area (TPSA) is 59.8 Å². The van der Waals surface area contributed by atoms with Gasteiger partial charge in [-0.2, -0.15) is 5.10 Å². The Hall–Kier alpha value is -2.47. The van der Waals surface area contributed by atoms with Gasteiger partial charge < -0.3 is 5.32 Å². The van der Waals surface area contributed by atoms with Crippen LogP contribution in [0.5, 0.6) is 0 Å². The molecule has 0 aliphatic rings. The summed E-state index contributed by atoms with van der Waals surface area (Å²) in [6, 6.07) is 7.63. The van der Waals surface area contributed by atoms with Crippen molar-refractivity contribution in [1.82, 2.24) is 14.8 Å². The van der Waals surface area contributed by atoms with Gasteiger partial charge in [-0.25, -0.2) is 4.98 Å². The van der Waals surface area contributed by atoms with Crippen LogP contribution in [0, 0.1) is 0 Å². The van der Waals surface area contributed by atoms with Crippen LogP contribution < -0.4 is 5.32 Å². The minimum absolute atomic E-state index is 0.172. The van der Waals surface area contributed by atoms with Gasteiger partial charge in [0.2, 0.25) is 0 Å². The molecule has 0 radical (unpaired) electrons. The third kappa shape index (κ3) is 2.60. The van der Waals surface area contributed by atoms with Crippen LogP contribution in [-0.2, 0) is 7.05 Å². The molecule has 0 saturated heterocycles. The molecule has 0 bridgehead atoms. The highest BCUT2D eigenvalue weighted by Gasteiger charge is 2.09. The van der Waals surface area contributed by atoms with Crippen LogP contribution in [0.25, 0.3) is 10.6 Å². The van der Waals surface area contributed by atoms with Crippen molar-refractivity contribution in [3.05, 3.63) is 53.8 Å². The molecule has 20 heavy (non-hydrogen) atoms. The number of nitrogens with zero attached hydrogens (tertiary/aromatic N) is 3. The summed E-state index contributed by atoms with van der Waals surface area (Å²) in [5, 5.41) is 9.70. The first kappa shape index (κ1) is 12.6. The standard InChI is InChI=1S/C14H12N4OS/c1-18-9-11(8-16-18)13(19)17-12-4-2-3-10(7-12)14-15-5-6-20-14/h2-9H,1H3,(H,17,19). The Labute approximate surface area is 119 Å². The molecule has 3 aromatic rings. The average molecular weight is 284 g/mol. The Morgan fingerprint density at radius 3 is 3.00 bits per heavy atom. The van der Waals surface area contributed by atoms with Gasteiger partial charge in [0.1, 0.15) is 5.01 Å². The van der Waals surface area contributed by atoms with E-state index in [1.807, 2.05) is 29.6 Å². The van der Waals surface area contributed by atoms with Crippen LogP contribution in [-0.4, -0.2) is 20.7 Å². The Morgan fingerprint density at radius 1 is 1.40 bits per heavy atom. The van der Waals surface area contributed by atoms with E-state index >= 15 is 0 Å². The Bertz CT molecular complexity index is 733. The lowest BCUT2D eigenvalue weighted by Crippen LogP contribution is -2.11. The molecule has 1 aromatic carbocycles. The first-order valence-corrected chi connectivity index (χ1v) is 6.90. The smallest absolute Gasteiger partial charge is 0.258 e. The average Bonchev–Trinajstić information content (AvgIpc) is 3.10. The predicted molar refractivity (Wildman–Crippen MR) is 78.7 cm³/mol. The highest BCUT2D eigenvalue weighted by atomic mass is 32.1. The van der Waals surface area contributed by atoms with Gasteiger partial charge in [0, 0.05) is 36.1 Å². The monoisotopic (exact) mass is 284 g/mol. The molecule has 0 saturated carbocycles. The number of anilines is 1. The predicted octanol–water partition coefficient (Wildman–Crippen LogP) is 2.80. The van der Waals surface area contributed by atoms with E-state index in [1.165, 1.54) is 0 Å². The quantitative estimate of drug-likeness (QED) is 0.804. The minimum Gasteiger partial charge on any atom is -0.322 e. The van der Waals surface area contributed by atoms with Crippen LogP contribution in [0.4, 0.5) is 5.69 Å². The molecule has 0 spiro atoms. The Morgan fingerprint density at radius 2 is 2.30 bits per heavy atom. The molecule has 1 N–H and O–H groups in total. The number of benzene rings is 1. The fourth-order valence-corrected chi connectivity index (χ4v) is 2.47. The van der Waals surface area contributed by atoms with E-state index in [9.17, 15) is 4.79 Å². The van der Waals surface area contributed by atoms with Crippen LogP contribution in [0.3, 0.4) is 0 Å². The van der Waals surface area contributed by atoms with Gasteiger partial charge >= 0.3 is 0 Å². The van der Waals surface area contributed by atoms with Gasteiger partial charge in [0.25, 0.3) is 5.91 Å². The van der Waals surface area contributed by atoms with Crippen molar-refractivity contribution >= 4 is 22.9 Å². The summed E-state index contributed by atoms with van der Waals surface area (Å²) in [5.41, 5.74) is 2.27. The molecule has 6 heteroatoms. The van der Waals surface area contributed by atoms with Crippen molar-refractivity contribution < 1.29 is 4.79 Å². The van der Waals surface area contributed by atoms with E-state index in [0.29, 0.717) is 5.56 Å². The molecule has 0 aliphatic carbocycles. The fourth-order valence-electron chi connectivity index (χ4n) is 1.84. The second-order valence-corrected chi connectivity index (χ2v) is 5.17. The summed E-state index contributed by atoms with van der Waals surface area (Å²) in [6.45, 7) is 0. The summed E-state index contributed by atoms with van der Waals surface area (Å²) in [4.78, 5) is 16.3. The highest BCUT2D eigenvalue weighted by Crippen LogP contribution is 2.24. The molecule has 0 atom stereocenters. The molecular formula is C14H12N4OS. The van der Waals surface area contributed by atoms with Crippen molar-refractivity contribution in [2.45, 2.75) is 0 Å². The first-order chi connectivity index (χ1) is 9.72. The largest absolute Gasteiger partial charge is 0.322 e. The van der Waals surface area contributed by atoms with E-state index in [0.717, 1.165) is 16.3 Å². The zero-order valence-electron chi connectivity index (χ0n) is 10.8. The van der Waals surface area contributed by atoms with E-state index < -0.39 is 0 Å². The molecule has 100 valence electrons. The summed E-state index contributed by atoms with van der Waals surface area (Å²) in [5.74, 6) is -0.172. The lowest BCUT2D eigenvalue weighted by atomic mass is 10.2. The molecule has 0 aliphatic heterocycles.